The van der Waals surface area contributed by atoms with Crippen LogP contribution in [0.1, 0.15) is 22.7 Å². The number of amides is 2. The van der Waals surface area contributed by atoms with E-state index in [1.807, 2.05) is 24.3 Å². The van der Waals surface area contributed by atoms with E-state index >= 15 is 0 Å². The first kappa shape index (κ1) is 24.3. The molecular formula is C24H25N5O5S. The molecule has 2 amide bonds. The molecule has 0 unspecified atom stereocenters. The predicted molar refractivity (Wildman–Crippen MR) is 130 cm³/mol. The SMILES string of the molecule is O=C(O)Cn1cc(CNC(=O)CSCCNC(=O)OCC2c3ccccc3-c3ccccc32)nn1. The van der Waals surface area contributed by atoms with Gasteiger partial charge in [-0.05, 0) is 22.3 Å². The summed E-state index contributed by atoms with van der Waals surface area (Å²) in [7, 11) is 0. The normalized spacial score (nSPS) is 12.0. The number of aromatic nitrogens is 3. The number of aliphatic carboxylic acids is 1. The van der Waals surface area contributed by atoms with Gasteiger partial charge in [0.1, 0.15) is 18.8 Å². The van der Waals surface area contributed by atoms with Gasteiger partial charge in [0, 0.05) is 18.2 Å². The van der Waals surface area contributed by atoms with Crippen molar-refractivity contribution in [3.63, 3.8) is 0 Å². The Kier molecular flexibility index (Phi) is 7.99. The number of benzene rings is 2. The summed E-state index contributed by atoms with van der Waals surface area (Å²) in [6, 6.07) is 16.3. The molecule has 0 spiro atoms. The molecule has 0 radical (unpaired) electrons. The fourth-order valence-corrected chi connectivity index (χ4v) is 4.59. The molecule has 4 rings (SSSR count). The number of nitrogens with one attached hydrogen (secondary N) is 2. The van der Waals surface area contributed by atoms with Crippen LogP contribution in [0.2, 0.25) is 0 Å². The van der Waals surface area contributed by atoms with Crippen LogP contribution in [0.25, 0.3) is 11.1 Å². The van der Waals surface area contributed by atoms with E-state index in [-0.39, 0.29) is 37.3 Å². The highest BCUT2D eigenvalue weighted by atomic mass is 32.2. The molecule has 1 aromatic heterocycles. The predicted octanol–water partition coefficient (Wildman–Crippen LogP) is 2.25. The number of alkyl carbamates (subject to hydrolysis) is 1. The zero-order chi connectivity index (χ0) is 24.6. The number of rotatable bonds is 11. The number of hydrogen-bond acceptors (Lipinski definition) is 7. The van der Waals surface area contributed by atoms with Gasteiger partial charge in [0.2, 0.25) is 5.91 Å². The van der Waals surface area contributed by atoms with Crippen LogP contribution in [0.3, 0.4) is 0 Å². The summed E-state index contributed by atoms with van der Waals surface area (Å²) < 4.78 is 6.68. The average Bonchev–Trinajstić information content (AvgIpc) is 3.43. The average molecular weight is 496 g/mol. The third-order valence-corrected chi connectivity index (χ3v) is 6.40. The molecule has 0 fully saturated rings. The number of ether oxygens (including phenoxy) is 1. The monoisotopic (exact) mass is 495 g/mol. The number of fused-ring (bicyclic) bond motifs is 3. The zero-order valence-electron chi connectivity index (χ0n) is 18.8. The molecule has 3 aromatic rings. The van der Waals surface area contributed by atoms with Gasteiger partial charge in [0.25, 0.3) is 0 Å². The minimum atomic E-state index is -1.02. The number of nitrogens with zero attached hydrogens (tertiary/aromatic N) is 3. The molecule has 11 heteroatoms. The lowest BCUT2D eigenvalue weighted by Crippen LogP contribution is -2.29. The fourth-order valence-electron chi connectivity index (χ4n) is 3.92. The van der Waals surface area contributed by atoms with Crippen molar-refractivity contribution in [2.24, 2.45) is 0 Å². The Morgan fingerprint density at radius 1 is 1.03 bits per heavy atom. The third kappa shape index (κ3) is 6.38. The summed E-state index contributed by atoms with van der Waals surface area (Å²) in [5, 5.41) is 21.6. The van der Waals surface area contributed by atoms with E-state index in [4.69, 9.17) is 9.84 Å². The van der Waals surface area contributed by atoms with E-state index in [9.17, 15) is 14.4 Å². The van der Waals surface area contributed by atoms with Crippen LogP contribution in [0.4, 0.5) is 4.79 Å². The highest BCUT2D eigenvalue weighted by Gasteiger charge is 2.28. The van der Waals surface area contributed by atoms with Gasteiger partial charge in [0.05, 0.1) is 18.5 Å². The molecule has 0 saturated carbocycles. The number of carboxylic acids is 1. The van der Waals surface area contributed by atoms with Crippen LogP contribution in [0.5, 0.6) is 0 Å². The van der Waals surface area contributed by atoms with Crippen molar-refractivity contribution in [1.82, 2.24) is 25.6 Å². The zero-order valence-corrected chi connectivity index (χ0v) is 19.7. The number of carboxylic acid groups (broad SMARTS) is 1. The lowest BCUT2D eigenvalue weighted by atomic mass is 9.98. The second-order valence-electron chi connectivity index (χ2n) is 7.88. The molecule has 182 valence electrons. The van der Waals surface area contributed by atoms with E-state index in [0.29, 0.717) is 18.0 Å². The number of thioether (sulfide) groups is 1. The van der Waals surface area contributed by atoms with Gasteiger partial charge in [0.15, 0.2) is 0 Å². The maximum Gasteiger partial charge on any atom is 0.407 e. The topological polar surface area (TPSA) is 135 Å². The van der Waals surface area contributed by atoms with Crippen molar-refractivity contribution in [1.29, 1.82) is 0 Å². The van der Waals surface area contributed by atoms with Gasteiger partial charge in [-0.2, -0.15) is 11.8 Å². The summed E-state index contributed by atoms with van der Waals surface area (Å²) >= 11 is 1.38. The maximum absolute atomic E-state index is 12.2. The van der Waals surface area contributed by atoms with Crippen LogP contribution < -0.4 is 10.6 Å². The second kappa shape index (κ2) is 11.5. The van der Waals surface area contributed by atoms with Crippen molar-refractivity contribution in [3.05, 3.63) is 71.5 Å². The first-order valence-corrected chi connectivity index (χ1v) is 12.2. The molecule has 0 aliphatic heterocycles. The van der Waals surface area contributed by atoms with E-state index < -0.39 is 12.1 Å². The smallest absolute Gasteiger partial charge is 0.407 e. The molecule has 3 N–H and O–H groups in total. The van der Waals surface area contributed by atoms with E-state index in [1.165, 1.54) is 33.8 Å². The molecule has 2 aromatic carbocycles. The van der Waals surface area contributed by atoms with Crippen LogP contribution in [0.15, 0.2) is 54.7 Å². The molecule has 0 saturated heterocycles. The van der Waals surface area contributed by atoms with Crippen LogP contribution >= 0.6 is 11.8 Å². The third-order valence-electron chi connectivity index (χ3n) is 5.44. The number of carbonyl (C=O) groups excluding carboxylic acids is 2. The highest BCUT2D eigenvalue weighted by Crippen LogP contribution is 2.44. The maximum atomic E-state index is 12.2. The summed E-state index contributed by atoms with van der Waals surface area (Å²) in [5.74, 6) is -0.434. The molecule has 1 aliphatic rings. The van der Waals surface area contributed by atoms with Crippen LogP contribution in [-0.4, -0.2) is 62.7 Å². The first-order valence-electron chi connectivity index (χ1n) is 11.1. The van der Waals surface area contributed by atoms with Crippen molar-refractivity contribution >= 4 is 29.7 Å². The lowest BCUT2D eigenvalue weighted by Gasteiger charge is -2.14. The number of carbonyl (C=O) groups is 3. The minimum absolute atomic E-state index is 0.0111. The van der Waals surface area contributed by atoms with Gasteiger partial charge >= 0.3 is 12.1 Å². The quantitative estimate of drug-likeness (QED) is 0.345. The standard InChI is InChI=1S/C24H25N5O5S/c30-22(26-11-16-12-29(28-27-16)13-23(31)32)15-35-10-9-25-24(33)34-14-21-19-7-3-1-5-17(19)18-6-2-4-8-20(18)21/h1-8,12,21H,9-11,13-15H2,(H,25,33)(H,26,30)(H,31,32). The van der Waals surface area contributed by atoms with Crippen LogP contribution in [-0.2, 0) is 27.4 Å². The Hall–Kier alpha value is -3.86. The van der Waals surface area contributed by atoms with Gasteiger partial charge < -0.3 is 20.5 Å². The van der Waals surface area contributed by atoms with Crippen molar-refractivity contribution in [3.8, 4) is 11.1 Å². The molecule has 1 heterocycles. The van der Waals surface area contributed by atoms with Crippen LogP contribution in [0, 0.1) is 0 Å². The van der Waals surface area contributed by atoms with E-state index in [1.54, 1.807) is 0 Å². The first-order chi connectivity index (χ1) is 17.0. The van der Waals surface area contributed by atoms with Gasteiger partial charge in [-0.25, -0.2) is 9.48 Å². The molecule has 10 nitrogen and oxygen atoms in total. The molecule has 0 bridgehead atoms. The number of hydrogen-bond donors (Lipinski definition) is 3. The fraction of sp³-hybridized carbons (Fsp3) is 0.292. The molecule has 1 aliphatic carbocycles. The Balaban J connectivity index is 1.12. The lowest BCUT2D eigenvalue weighted by molar-refractivity contribution is -0.138. The minimum Gasteiger partial charge on any atom is -0.480 e. The summed E-state index contributed by atoms with van der Waals surface area (Å²) in [5.41, 5.74) is 5.15. The Morgan fingerprint density at radius 3 is 2.40 bits per heavy atom. The summed E-state index contributed by atoms with van der Waals surface area (Å²) in [6.45, 7) is 0.509. The Morgan fingerprint density at radius 2 is 1.71 bits per heavy atom. The van der Waals surface area contributed by atoms with Gasteiger partial charge in [-0.3, -0.25) is 9.59 Å². The molecule has 35 heavy (non-hydrogen) atoms. The van der Waals surface area contributed by atoms with E-state index in [0.717, 1.165) is 11.1 Å². The van der Waals surface area contributed by atoms with Gasteiger partial charge in [-0.1, -0.05) is 53.7 Å². The largest absolute Gasteiger partial charge is 0.480 e. The molecular weight excluding hydrogens is 470 g/mol. The van der Waals surface area contributed by atoms with E-state index in [2.05, 4.69) is 45.2 Å². The summed E-state index contributed by atoms with van der Waals surface area (Å²) in [6.07, 6.45) is 0.987. The van der Waals surface area contributed by atoms with Crippen molar-refractivity contribution in [2.75, 3.05) is 24.7 Å². The Labute approximate surface area is 206 Å². The Bertz CT molecular complexity index is 1170. The van der Waals surface area contributed by atoms with Crippen molar-refractivity contribution < 1.29 is 24.2 Å². The molecule has 0 atom stereocenters. The van der Waals surface area contributed by atoms with Crippen molar-refractivity contribution in [2.45, 2.75) is 19.0 Å². The highest BCUT2D eigenvalue weighted by molar-refractivity contribution is 7.99. The summed E-state index contributed by atoms with van der Waals surface area (Å²) in [4.78, 5) is 34.8. The second-order valence-corrected chi connectivity index (χ2v) is 8.99. The van der Waals surface area contributed by atoms with Gasteiger partial charge in [-0.15, -0.1) is 5.10 Å².